The van der Waals surface area contributed by atoms with Crippen molar-refractivity contribution >= 4 is 39.1 Å². The number of sulfonamides is 1. The molecule has 3 aromatic rings. The van der Waals surface area contributed by atoms with Gasteiger partial charge in [-0.1, -0.05) is 67.8 Å². The highest BCUT2D eigenvalue weighted by molar-refractivity contribution is 7.92. The van der Waals surface area contributed by atoms with Crippen LogP contribution in [0.15, 0.2) is 83.8 Å². The van der Waals surface area contributed by atoms with Crippen molar-refractivity contribution < 1.29 is 22.4 Å². The summed E-state index contributed by atoms with van der Waals surface area (Å²) in [6, 6.07) is 18.8. The van der Waals surface area contributed by atoms with Crippen molar-refractivity contribution in [2.75, 3.05) is 10.8 Å². The molecule has 2 amide bonds. The van der Waals surface area contributed by atoms with E-state index in [4.69, 9.17) is 11.6 Å². The van der Waals surface area contributed by atoms with Gasteiger partial charge in [-0.2, -0.15) is 0 Å². The maximum atomic E-state index is 14.1. The van der Waals surface area contributed by atoms with Gasteiger partial charge in [0.15, 0.2) is 0 Å². The zero-order valence-corrected chi connectivity index (χ0v) is 23.9. The van der Waals surface area contributed by atoms with Crippen LogP contribution in [0.2, 0.25) is 5.02 Å². The fourth-order valence-corrected chi connectivity index (χ4v) is 6.58. The van der Waals surface area contributed by atoms with Gasteiger partial charge in [-0.3, -0.25) is 13.9 Å². The van der Waals surface area contributed by atoms with Crippen molar-refractivity contribution in [1.82, 2.24) is 10.2 Å². The van der Waals surface area contributed by atoms with Crippen LogP contribution in [-0.4, -0.2) is 43.8 Å². The van der Waals surface area contributed by atoms with Crippen LogP contribution in [0.5, 0.6) is 0 Å². The fourth-order valence-electron chi connectivity index (χ4n) is 4.95. The van der Waals surface area contributed by atoms with E-state index in [-0.39, 0.29) is 29.1 Å². The summed E-state index contributed by atoms with van der Waals surface area (Å²) in [7, 11) is -4.21. The molecule has 1 N–H and O–H groups in total. The quantitative estimate of drug-likeness (QED) is 0.320. The number of halogens is 2. The van der Waals surface area contributed by atoms with E-state index in [2.05, 4.69) is 5.32 Å². The Morgan fingerprint density at radius 2 is 1.60 bits per heavy atom. The molecule has 212 valence electrons. The number of anilines is 1. The second-order valence-electron chi connectivity index (χ2n) is 9.83. The SMILES string of the molecule is CC[C@@H](C(=O)NC1CCCC1)N(Cc1ccccc1Cl)C(=O)CN(c1ccc(F)cc1)S(=O)(=O)c1ccccc1. The van der Waals surface area contributed by atoms with Gasteiger partial charge in [0.25, 0.3) is 10.0 Å². The van der Waals surface area contributed by atoms with Gasteiger partial charge < -0.3 is 10.2 Å². The zero-order chi connectivity index (χ0) is 28.7. The van der Waals surface area contributed by atoms with E-state index in [1.807, 2.05) is 6.92 Å². The third-order valence-electron chi connectivity index (χ3n) is 7.11. The lowest BCUT2D eigenvalue weighted by atomic mass is 10.1. The molecule has 1 aliphatic rings. The zero-order valence-electron chi connectivity index (χ0n) is 22.3. The van der Waals surface area contributed by atoms with Crippen molar-refractivity contribution in [3.63, 3.8) is 0 Å². The summed E-state index contributed by atoms with van der Waals surface area (Å²) in [5.74, 6) is -1.41. The minimum atomic E-state index is -4.21. The third kappa shape index (κ3) is 7.01. The first-order valence-electron chi connectivity index (χ1n) is 13.4. The molecule has 7 nitrogen and oxygen atoms in total. The Morgan fingerprint density at radius 1 is 0.975 bits per heavy atom. The number of carbonyl (C=O) groups is 2. The lowest BCUT2D eigenvalue weighted by molar-refractivity contribution is -0.140. The van der Waals surface area contributed by atoms with Crippen LogP contribution in [0.25, 0.3) is 0 Å². The number of carbonyl (C=O) groups excluding carboxylic acids is 2. The van der Waals surface area contributed by atoms with Crippen LogP contribution in [-0.2, 0) is 26.2 Å². The maximum Gasteiger partial charge on any atom is 0.264 e. The molecule has 0 spiro atoms. The molecule has 1 fully saturated rings. The predicted octanol–water partition coefficient (Wildman–Crippen LogP) is 5.54. The van der Waals surface area contributed by atoms with Crippen molar-refractivity contribution in [3.05, 3.63) is 95.3 Å². The summed E-state index contributed by atoms with van der Waals surface area (Å²) in [4.78, 5) is 28.9. The van der Waals surface area contributed by atoms with Gasteiger partial charge in [-0.25, -0.2) is 12.8 Å². The Labute approximate surface area is 240 Å². The van der Waals surface area contributed by atoms with Crippen LogP contribution < -0.4 is 9.62 Å². The van der Waals surface area contributed by atoms with E-state index in [0.29, 0.717) is 17.0 Å². The van der Waals surface area contributed by atoms with Crippen molar-refractivity contribution in [3.8, 4) is 0 Å². The second-order valence-corrected chi connectivity index (χ2v) is 12.1. The Hall–Kier alpha value is -3.43. The molecule has 10 heteroatoms. The van der Waals surface area contributed by atoms with Gasteiger partial charge in [0.1, 0.15) is 18.4 Å². The summed E-state index contributed by atoms with van der Waals surface area (Å²) in [5, 5.41) is 3.50. The average Bonchev–Trinajstić information content (AvgIpc) is 3.46. The van der Waals surface area contributed by atoms with E-state index < -0.39 is 34.3 Å². The number of hydrogen-bond acceptors (Lipinski definition) is 4. The van der Waals surface area contributed by atoms with E-state index in [1.165, 1.54) is 29.2 Å². The molecular weight excluding hydrogens is 553 g/mol. The molecule has 0 bridgehead atoms. The standard InChI is InChI=1S/C30H33ClFN3O4S/c1-2-28(30(37)33-24-11-7-8-12-24)34(20-22-10-6-9-15-27(22)31)29(36)21-35(25-18-16-23(32)17-19-25)40(38,39)26-13-4-3-5-14-26/h3-6,9-10,13-19,24,28H,2,7-8,11-12,20-21H2,1H3,(H,33,37)/t28-/m0/s1. The first-order valence-corrected chi connectivity index (χ1v) is 15.2. The molecule has 3 aromatic carbocycles. The average molecular weight is 586 g/mol. The molecule has 0 heterocycles. The topological polar surface area (TPSA) is 86.8 Å². The number of amides is 2. The molecule has 40 heavy (non-hydrogen) atoms. The third-order valence-corrected chi connectivity index (χ3v) is 9.27. The van der Waals surface area contributed by atoms with Gasteiger partial charge in [0.2, 0.25) is 11.8 Å². The largest absolute Gasteiger partial charge is 0.352 e. The van der Waals surface area contributed by atoms with Crippen molar-refractivity contribution in [2.24, 2.45) is 0 Å². The fraction of sp³-hybridized carbons (Fsp3) is 0.333. The minimum Gasteiger partial charge on any atom is -0.352 e. The van der Waals surface area contributed by atoms with Crippen molar-refractivity contribution in [2.45, 2.75) is 62.6 Å². The number of nitrogens with zero attached hydrogens (tertiary/aromatic N) is 2. The maximum absolute atomic E-state index is 14.1. The molecule has 1 aliphatic carbocycles. The number of benzene rings is 3. The van der Waals surface area contributed by atoms with Gasteiger partial charge in [-0.15, -0.1) is 0 Å². The highest BCUT2D eigenvalue weighted by Crippen LogP contribution is 2.26. The van der Waals surface area contributed by atoms with E-state index in [9.17, 15) is 22.4 Å². The normalized spacial score (nSPS) is 14.5. The monoisotopic (exact) mass is 585 g/mol. The van der Waals surface area contributed by atoms with Crippen LogP contribution in [0, 0.1) is 5.82 Å². The molecule has 4 rings (SSSR count). The van der Waals surface area contributed by atoms with E-state index >= 15 is 0 Å². The molecule has 0 aliphatic heterocycles. The predicted molar refractivity (Wildman–Crippen MR) is 154 cm³/mol. The lowest BCUT2D eigenvalue weighted by Gasteiger charge is -2.34. The molecule has 0 radical (unpaired) electrons. The molecule has 0 unspecified atom stereocenters. The summed E-state index contributed by atoms with van der Waals surface area (Å²) in [5.41, 5.74) is 0.753. The van der Waals surface area contributed by atoms with E-state index in [1.54, 1.807) is 42.5 Å². The summed E-state index contributed by atoms with van der Waals surface area (Å²) < 4.78 is 42.2. The highest BCUT2D eigenvalue weighted by atomic mass is 35.5. The Bertz CT molecular complexity index is 1410. The number of hydrogen-bond donors (Lipinski definition) is 1. The number of nitrogens with one attached hydrogen (secondary N) is 1. The molecular formula is C30H33ClFN3O4S. The van der Waals surface area contributed by atoms with Gasteiger partial charge >= 0.3 is 0 Å². The molecule has 1 atom stereocenters. The highest BCUT2D eigenvalue weighted by Gasteiger charge is 2.34. The van der Waals surface area contributed by atoms with Crippen LogP contribution in [0.4, 0.5) is 10.1 Å². The number of rotatable bonds is 11. The summed E-state index contributed by atoms with van der Waals surface area (Å²) in [6.07, 6.45) is 4.15. The van der Waals surface area contributed by atoms with Crippen LogP contribution >= 0.6 is 11.6 Å². The van der Waals surface area contributed by atoms with E-state index in [0.717, 1.165) is 42.1 Å². The first kappa shape index (κ1) is 29.6. The smallest absolute Gasteiger partial charge is 0.264 e. The summed E-state index contributed by atoms with van der Waals surface area (Å²) in [6.45, 7) is 1.22. The lowest BCUT2D eigenvalue weighted by Crippen LogP contribution is -2.53. The second kappa shape index (κ2) is 13.3. The van der Waals surface area contributed by atoms with Gasteiger partial charge in [0, 0.05) is 17.6 Å². The van der Waals surface area contributed by atoms with Crippen LogP contribution in [0.1, 0.15) is 44.6 Å². The Balaban J connectivity index is 1.71. The van der Waals surface area contributed by atoms with Gasteiger partial charge in [-0.05, 0) is 67.3 Å². The first-order chi connectivity index (χ1) is 19.2. The molecule has 0 saturated heterocycles. The van der Waals surface area contributed by atoms with Crippen LogP contribution in [0.3, 0.4) is 0 Å². The Kier molecular flexibility index (Phi) is 9.81. The van der Waals surface area contributed by atoms with Gasteiger partial charge in [0.05, 0.1) is 10.6 Å². The summed E-state index contributed by atoms with van der Waals surface area (Å²) >= 11 is 6.43. The van der Waals surface area contributed by atoms with Crippen molar-refractivity contribution in [1.29, 1.82) is 0 Å². The Morgan fingerprint density at radius 3 is 2.23 bits per heavy atom. The minimum absolute atomic E-state index is 0.0116. The molecule has 0 aromatic heterocycles. The molecule has 1 saturated carbocycles.